The van der Waals surface area contributed by atoms with E-state index in [1.54, 1.807) is 60.7 Å². The highest BCUT2D eigenvalue weighted by atomic mass is 16.4. The number of hydrogen-bond acceptors (Lipinski definition) is 6. The number of aliphatic carboxylic acids is 2. The molecule has 0 saturated heterocycles. The van der Waals surface area contributed by atoms with E-state index in [1.165, 1.54) is 6.92 Å². The second kappa shape index (κ2) is 14.3. The molecule has 2 rings (SSSR count). The second-order valence-electron chi connectivity index (χ2n) is 8.61. The van der Waals surface area contributed by atoms with Gasteiger partial charge >= 0.3 is 11.9 Å². The van der Waals surface area contributed by atoms with Crippen LogP contribution >= 0.6 is 0 Å². The molecule has 0 aliphatic carbocycles. The lowest BCUT2D eigenvalue weighted by atomic mass is 10.0. The van der Waals surface area contributed by atoms with Gasteiger partial charge in [-0.1, -0.05) is 60.7 Å². The van der Waals surface area contributed by atoms with E-state index < -0.39 is 53.8 Å². The molecule has 198 valence electrons. The van der Waals surface area contributed by atoms with Crippen molar-refractivity contribution in [1.29, 1.82) is 0 Å². The monoisotopic (exact) mass is 512 g/mol. The fourth-order valence-corrected chi connectivity index (χ4v) is 3.46. The average Bonchev–Trinajstić information content (AvgIpc) is 2.87. The van der Waals surface area contributed by atoms with Crippen LogP contribution in [0.1, 0.15) is 30.9 Å². The SMILES string of the molecule is CC(NC(=O)C(Cc1ccccc1)NC(=O)C(Cc1ccccc1)NC(=O)C(N)CCC(=O)O)C(=O)O. The third-order valence-corrected chi connectivity index (χ3v) is 5.57. The van der Waals surface area contributed by atoms with Crippen molar-refractivity contribution in [3.63, 3.8) is 0 Å². The molecule has 11 heteroatoms. The molecule has 7 N–H and O–H groups in total. The fourth-order valence-electron chi connectivity index (χ4n) is 3.46. The molecule has 0 saturated carbocycles. The molecule has 11 nitrogen and oxygen atoms in total. The molecule has 2 aromatic rings. The number of amides is 3. The highest BCUT2D eigenvalue weighted by Gasteiger charge is 2.30. The molecule has 0 fully saturated rings. The van der Waals surface area contributed by atoms with Gasteiger partial charge in [-0.2, -0.15) is 0 Å². The van der Waals surface area contributed by atoms with Gasteiger partial charge in [0.05, 0.1) is 6.04 Å². The van der Waals surface area contributed by atoms with E-state index in [9.17, 15) is 24.0 Å². The van der Waals surface area contributed by atoms with E-state index in [0.29, 0.717) is 0 Å². The zero-order chi connectivity index (χ0) is 27.4. The van der Waals surface area contributed by atoms with Gasteiger partial charge in [0.2, 0.25) is 17.7 Å². The Balaban J connectivity index is 2.24. The first-order valence-electron chi connectivity index (χ1n) is 11.8. The van der Waals surface area contributed by atoms with Gasteiger partial charge in [0.15, 0.2) is 0 Å². The van der Waals surface area contributed by atoms with Gasteiger partial charge in [-0.15, -0.1) is 0 Å². The van der Waals surface area contributed by atoms with Crippen LogP contribution < -0.4 is 21.7 Å². The van der Waals surface area contributed by atoms with Crippen LogP contribution in [0.4, 0.5) is 0 Å². The molecule has 0 aliphatic rings. The number of benzene rings is 2. The summed E-state index contributed by atoms with van der Waals surface area (Å²) in [6.07, 6.45) is -0.275. The highest BCUT2D eigenvalue weighted by Crippen LogP contribution is 2.08. The normalized spacial score (nSPS) is 13.9. The number of hydrogen-bond donors (Lipinski definition) is 6. The number of nitrogens with two attached hydrogens (primary N) is 1. The highest BCUT2D eigenvalue weighted by molar-refractivity contribution is 5.94. The third kappa shape index (κ3) is 10.1. The molecule has 2 aromatic carbocycles. The van der Waals surface area contributed by atoms with Crippen LogP contribution in [0.25, 0.3) is 0 Å². The van der Waals surface area contributed by atoms with Crippen molar-refractivity contribution in [2.75, 3.05) is 0 Å². The maximum absolute atomic E-state index is 13.3. The van der Waals surface area contributed by atoms with Gasteiger partial charge in [-0.25, -0.2) is 0 Å². The van der Waals surface area contributed by atoms with Crippen molar-refractivity contribution in [1.82, 2.24) is 16.0 Å². The zero-order valence-corrected chi connectivity index (χ0v) is 20.4. The fraction of sp³-hybridized carbons (Fsp3) is 0.346. The topological polar surface area (TPSA) is 188 Å². The van der Waals surface area contributed by atoms with Gasteiger partial charge in [0, 0.05) is 19.3 Å². The summed E-state index contributed by atoms with van der Waals surface area (Å²) in [7, 11) is 0. The van der Waals surface area contributed by atoms with Crippen molar-refractivity contribution in [2.45, 2.75) is 56.8 Å². The minimum absolute atomic E-state index is 0.0783. The molecule has 37 heavy (non-hydrogen) atoms. The predicted octanol–water partition coefficient (Wildman–Crippen LogP) is 0.223. The predicted molar refractivity (Wildman–Crippen MR) is 134 cm³/mol. The molecule has 3 amide bonds. The molecule has 0 heterocycles. The van der Waals surface area contributed by atoms with Crippen molar-refractivity contribution < 1.29 is 34.2 Å². The summed E-state index contributed by atoms with van der Waals surface area (Å²) in [6, 6.07) is 13.1. The molecule has 4 unspecified atom stereocenters. The lowest BCUT2D eigenvalue weighted by Gasteiger charge is -2.25. The Hall–Kier alpha value is -4.25. The number of carbonyl (C=O) groups excluding carboxylic acids is 3. The minimum Gasteiger partial charge on any atom is -0.481 e. The molecule has 0 spiro atoms. The van der Waals surface area contributed by atoms with Crippen molar-refractivity contribution in [3.8, 4) is 0 Å². The largest absolute Gasteiger partial charge is 0.481 e. The van der Waals surface area contributed by atoms with E-state index in [1.807, 2.05) is 0 Å². The molecular weight excluding hydrogens is 480 g/mol. The number of carbonyl (C=O) groups is 5. The van der Waals surface area contributed by atoms with E-state index in [0.717, 1.165) is 11.1 Å². The molecule has 4 atom stereocenters. The number of rotatable bonds is 14. The van der Waals surface area contributed by atoms with Crippen LogP contribution in [0, 0.1) is 0 Å². The van der Waals surface area contributed by atoms with Crippen LogP contribution in [0.3, 0.4) is 0 Å². The maximum Gasteiger partial charge on any atom is 0.325 e. The number of nitrogens with one attached hydrogen (secondary N) is 3. The smallest absolute Gasteiger partial charge is 0.325 e. The quantitative estimate of drug-likeness (QED) is 0.207. The Labute approximate surface area is 214 Å². The molecule has 0 radical (unpaired) electrons. The number of carboxylic acids is 2. The van der Waals surface area contributed by atoms with Crippen LogP contribution in [0.2, 0.25) is 0 Å². The zero-order valence-electron chi connectivity index (χ0n) is 20.4. The molecular formula is C26H32N4O7. The Kier molecular flexibility index (Phi) is 11.2. The Morgan fingerprint density at radius 1 is 0.730 bits per heavy atom. The minimum atomic E-state index is -1.23. The lowest BCUT2D eigenvalue weighted by molar-refractivity contribution is -0.142. The van der Waals surface area contributed by atoms with Gasteiger partial charge < -0.3 is 31.9 Å². The Bertz CT molecular complexity index is 1080. The number of carboxylic acid groups (broad SMARTS) is 2. The third-order valence-electron chi connectivity index (χ3n) is 5.57. The first-order valence-corrected chi connectivity index (χ1v) is 11.8. The summed E-state index contributed by atoms with van der Waals surface area (Å²) in [4.78, 5) is 60.9. The maximum atomic E-state index is 13.3. The van der Waals surface area contributed by atoms with Gasteiger partial charge in [-0.3, -0.25) is 24.0 Å². The first-order chi connectivity index (χ1) is 17.6. The first kappa shape index (κ1) is 29.0. The van der Waals surface area contributed by atoms with Crippen molar-refractivity contribution in [3.05, 3.63) is 71.8 Å². The van der Waals surface area contributed by atoms with Gasteiger partial charge in [0.1, 0.15) is 18.1 Å². The standard InChI is InChI=1S/C26H32N4O7/c1-16(26(36)37)28-24(34)20(14-17-8-4-2-5-9-17)30-25(35)21(15-18-10-6-3-7-11-18)29-23(33)19(27)12-13-22(31)32/h2-11,16,19-21H,12-15,27H2,1H3,(H,28,34)(H,29,33)(H,30,35)(H,31,32)(H,36,37). The van der Waals surface area contributed by atoms with E-state index in [-0.39, 0.29) is 25.7 Å². The summed E-state index contributed by atoms with van der Waals surface area (Å²) < 4.78 is 0. The van der Waals surface area contributed by atoms with Crippen molar-refractivity contribution >= 4 is 29.7 Å². The van der Waals surface area contributed by atoms with Gasteiger partial charge in [-0.05, 0) is 24.5 Å². The summed E-state index contributed by atoms with van der Waals surface area (Å²) in [5.74, 6) is -4.42. The summed E-state index contributed by atoms with van der Waals surface area (Å²) in [5, 5.41) is 25.6. The van der Waals surface area contributed by atoms with Crippen molar-refractivity contribution in [2.24, 2.45) is 5.73 Å². The van der Waals surface area contributed by atoms with Crippen LogP contribution in [-0.2, 0) is 36.8 Å². The van der Waals surface area contributed by atoms with Crippen LogP contribution in [0.5, 0.6) is 0 Å². The molecule has 0 aliphatic heterocycles. The van der Waals surface area contributed by atoms with E-state index in [2.05, 4.69) is 16.0 Å². The van der Waals surface area contributed by atoms with Gasteiger partial charge in [0.25, 0.3) is 0 Å². The van der Waals surface area contributed by atoms with Crippen LogP contribution in [-0.4, -0.2) is 64.0 Å². The Morgan fingerprint density at radius 2 is 1.16 bits per heavy atom. The van der Waals surface area contributed by atoms with E-state index >= 15 is 0 Å². The summed E-state index contributed by atoms with van der Waals surface area (Å²) >= 11 is 0. The van der Waals surface area contributed by atoms with Crippen LogP contribution in [0.15, 0.2) is 60.7 Å². The molecule has 0 bridgehead atoms. The lowest BCUT2D eigenvalue weighted by Crippen LogP contribution is -2.58. The van der Waals surface area contributed by atoms with E-state index in [4.69, 9.17) is 15.9 Å². The Morgan fingerprint density at radius 3 is 1.59 bits per heavy atom. The average molecular weight is 513 g/mol. The second-order valence-corrected chi connectivity index (χ2v) is 8.61. The molecule has 0 aromatic heterocycles. The summed E-state index contributed by atoms with van der Waals surface area (Å²) in [5.41, 5.74) is 7.27. The summed E-state index contributed by atoms with van der Waals surface area (Å²) in [6.45, 7) is 1.30.